The molecule has 0 aliphatic carbocycles. The molecule has 0 bridgehead atoms. The first-order valence-corrected chi connectivity index (χ1v) is 7.90. The van der Waals surface area contributed by atoms with Crippen molar-refractivity contribution in [1.82, 2.24) is 15.2 Å². The number of hydrogen-bond donors (Lipinski definition) is 2. The van der Waals surface area contributed by atoms with Crippen molar-refractivity contribution in [1.29, 1.82) is 0 Å². The number of rotatable bonds is 8. The molecule has 0 radical (unpaired) electrons. The summed E-state index contributed by atoms with van der Waals surface area (Å²) in [5, 5.41) is 6.08. The fourth-order valence-electron chi connectivity index (χ4n) is 2.18. The summed E-state index contributed by atoms with van der Waals surface area (Å²) in [6, 6.07) is 7.22. The van der Waals surface area contributed by atoms with Crippen LogP contribution in [0.4, 0.5) is 11.4 Å². The standard InChI is InChI=1S/C18H24N4O3/c1-22(2)8-7-20-18(23)13-9-14(12-19-11-13)21-16-6-5-15(24-3)10-17(16)25-4/h5-6,9-12,21H,7-8H2,1-4H3,(H,20,23). The highest BCUT2D eigenvalue weighted by molar-refractivity contribution is 5.94. The predicted octanol–water partition coefficient (Wildman–Crippen LogP) is 2.13. The van der Waals surface area contributed by atoms with E-state index in [1.165, 1.54) is 0 Å². The molecule has 7 heteroatoms. The van der Waals surface area contributed by atoms with Crippen molar-refractivity contribution in [3.05, 3.63) is 42.2 Å². The van der Waals surface area contributed by atoms with Crippen molar-refractivity contribution < 1.29 is 14.3 Å². The van der Waals surface area contributed by atoms with Crippen LogP contribution in [0.1, 0.15) is 10.4 Å². The second-order valence-electron chi connectivity index (χ2n) is 5.71. The molecule has 0 aliphatic heterocycles. The highest BCUT2D eigenvalue weighted by atomic mass is 16.5. The summed E-state index contributed by atoms with van der Waals surface area (Å²) in [7, 11) is 7.11. The van der Waals surface area contributed by atoms with E-state index in [9.17, 15) is 4.79 Å². The summed E-state index contributed by atoms with van der Waals surface area (Å²) in [6.45, 7) is 1.36. The van der Waals surface area contributed by atoms with Crippen LogP contribution in [-0.4, -0.2) is 57.2 Å². The molecule has 1 amide bonds. The third-order valence-corrected chi connectivity index (χ3v) is 3.53. The average Bonchev–Trinajstić information content (AvgIpc) is 2.62. The van der Waals surface area contributed by atoms with Crippen molar-refractivity contribution in [2.75, 3.05) is 46.7 Å². The zero-order valence-electron chi connectivity index (χ0n) is 15.0. The fourth-order valence-corrected chi connectivity index (χ4v) is 2.18. The van der Waals surface area contributed by atoms with E-state index in [0.29, 0.717) is 29.3 Å². The Morgan fingerprint density at radius 2 is 1.96 bits per heavy atom. The highest BCUT2D eigenvalue weighted by Gasteiger charge is 2.09. The number of nitrogens with one attached hydrogen (secondary N) is 2. The van der Waals surface area contributed by atoms with E-state index in [4.69, 9.17) is 9.47 Å². The Morgan fingerprint density at radius 3 is 2.64 bits per heavy atom. The molecule has 2 aromatic rings. The maximum absolute atomic E-state index is 12.2. The minimum atomic E-state index is -0.153. The number of methoxy groups -OCH3 is 2. The van der Waals surface area contributed by atoms with Crippen LogP contribution >= 0.6 is 0 Å². The molecule has 0 atom stereocenters. The van der Waals surface area contributed by atoms with Gasteiger partial charge in [-0.25, -0.2) is 0 Å². The Bertz CT molecular complexity index is 719. The molecule has 0 fully saturated rings. The van der Waals surface area contributed by atoms with Crippen LogP contribution in [0.3, 0.4) is 0 Å². The second kappa shape index (κ2) is 8.89. The van der Waals surface area contributed by atoms with Gasteiger partial charge >= 0.3 is 0 Å². The van der Waals surface area contributed by atoms with Crippen molar-refractivity contribution in [3.63, 3.8) is 0 Å². The molecular weight excluding hydrogens is 320 g/mol. The van der Waals surface area contributed by atoms with Gasteiger partial charge in [0.2, 0.25) is 0 Å². The van der Waals surface area contributed by atoms with Gasteiger partial charge in [-0.3, -0.25) is 9.78 Å². The SMILES string of the molecule is COc1ccc(Nc2cncc(C(=O)NCCN(C)C)c2)c(OC)c1. The van der Waals surface area contributed by atoms with E-state index in [1.54, 1.807) is 38.7 Å². The first-order chi connectivity index (χ1) is 12.0. The first kappa shape index (κ1) is 18.5. The number of nitrogens with zero attached hydrogens (tertiary/aromatic N) is 2. The van der Waals surface area contributed by atoms with Crippen LogP contribution in [0.5, 0.6) is 11.5 Å². The van der Waals surface area contributed by atoms with Crippen LogP contribution in [0.15, 0.2) is 36.7 Å². The summed E-state index contributed by atoms with van der Waals surface area (Å²) < 4.78 is 10.6. The normalized spacial score (nSPS) is 10.4. The molecule has 2 N–H and O–H groups in total. The van der Waals surface area contributed by atoms with Gasteiger partial charge in [-0.05, 0) is 32.3 Å². The lowest BCUT2D eigenvalue weighted by Crippen LogP contribution is -2.31. The summed E-state index contributed by atoms with van der Waals surface area (Å²) in [5.74, 6) is 1.19. The maximum atomic E-state index is 12.2. The number of ether oxygens (including phenoxy) is 2. The Morgan fingerprint density at radius 1 is 1.16 bits per heavy atom. The minimum absolute atomic E-state index is 0.153. The van der Waals surface area contributed by atoms with E-state index in [1.807, 2.05) is 31.1 Å². The summed E-state index contributed by atoms with van der Waals surface area (Å²) in [6.07, 6.45) is 3.20. The Kier molecular flexibility index (Phi) is 6.59. The van der Waals surface area contributed by atoms with Crippen LogP contribution in [-0.2, 0) is 0 Å². The van der Waals surface area contributed by atoms with Gasteiger partial charge in [0.25, 0.3) is 5.91 Å². The van der Waals surface area contributed by atoms with Crippen molar-refractivity contribution in [3.8, 4) is 11.5 Å². The molecule has 1 aromatic heterocycles. The highest BCUT2D eigenvalue weighted by Crippen LogP contribution is 2.31. The lowest BCUT2D eigenvalue weighted by molar-refractivity contribution is 0.0950. The number of carbonyl (C=O) groups is 1. The van der Waals surface area contributed by atoms with Crippen molar-refractivity contribution in [2.45, 2.75) is 0 Å². The van der Waals surface area contributed by atoms with Gasteiger partial charge in [0.15, 0.2) is 0 Å². The van der Waals surface area contributed by atoms with Crippen molar-refractivity contribution in [2.24, 2.45) is 0 Å². The second-order valence-corrected chi connectivity index (χ2v) is 5.71. The molecule has 134 valence electrons. The average molecular weight is 344 g/mol. The lowest BCUT2D eigenvalue weighted by Gasteiger charge is -2.13. The van der Waals surface area contributed by atoms with Crippen LogP contribution in [0, 0.1) is 0 Å². The number of pyridine rings is 1. The van der Waals surface area contributed by atoms with Crippen LogP contribution in [0.25, 0.3) is 0 Å². The molecule has 1 aromatic carbocycles. The largest absolute Gasteiger partial charge is 0.497 e. The summed E-state index contributed by atoms with van der Waals surface area (Å²) in [4.78, 5) is 18.3. The molecule has 0 spiro atoms. The lowest BCUT2D eigenvalue weighted by atomic mass is 10.2. The molecule has 0 aliphatic rings. The summed E-state index contributed by atoms with van der Waals surface area (Å²) >= 11 is 0. The monoisotopic (exact) mass is 344 g/mol. The Hall–Kier alpha value is -2.80. The Balaban J connectivity index is 2.10. The number of benzene rings is 1. The van der Waals surface area contributed by atoms with Gasteiger partial charge in [0.05, 0.1) is 37.4 Å². The zero-order chi connectivity index (χ0) is 18.2. The zero-order valence-corrected chi connectivity index (χ0v) is 15.0. The number of aromatic nitrogens is 1. The van der Waals surface area contributed by atoms with E-state index < -0.39 is 0 Å². The molecule has 0 unspecified atom stereocenters. The Labute approximate surface area is 148 Å². The van der Waals surface area contributed by atoms with E-state index in [0.717, 1.165) is 12.2 Å². The number of carbonyl (C=O) groups excluding carboxylic acids is 1. The molecular formula is C18H24N4O3. The minimum Gasteiger partial charge on any atom is -0.497 e. The quantitative estimate of drug-likeness (QED) is 0.764. The first-order valence-electron chi connectivity index (χ1n) is 7.90. The van der Waals surface area contributed by atoms with Crippen LogP contribution < -0.4 is 20.1 Å². The fraction of sp³-hybridized carbons (Fsp3) is 0.333. The summed E-state index contributed by atoms with van der Waals surface area (Å²) in [5.41, 5.74) is 1.95. The molecule has 0 saturated carbocycles. The van der Waals surface area contributed by atoms with Gasteiger partial charge in [-0.2, -0.15) is 0 Å². The van der Waals surface area contributed by atoms with E-state index in [-0.39, 0.29) is 5.91 Å². The van der Waals surface area contributed by atoms with Gasteiger partial charge in [-0.1, -0.05) is 0 Å². The van der Waals surface area contributed by atoms with E-state index >= 15 is 0 Å². The topological polar surface area (TPSA) is 75.7 Å². The third-order valence-electron chi connectivity index (χ3n) is 3.53. The third kappa shape index (κ3) is 5.36. The number of hydrogen-bond acceptors (Lipinski definition) is 6. The molecule has 2 rings (SSSR count). The predicted molar refractivity (Wildman–Crippen MR) is 98.0 cm³/mol. The molecule has 7 nitrogen and oxygen atoms in total. The van der Waals surface area contributed by atoms with Crippen molar-refractivity contribution >= 4 is 17.3 Å². The number of likely N-dealkylation sites (N-methyl/N-ethyl adjacent to an activating group) is 1. The van der Waals surface area contributed by atoms with Gasteiger partial charge in [0.1, 0.15) is 11.5 Å². The molecule has 1 heterocycles. The van der Waals surface area contributed by atoms with Gasteiger partial charge < -0.3 is 25.0 Å². The smallest absolute Gasteiger partial charge is 0.252 e. The van der Waals surface area contributed by atoms with Crippen LogP contribution in [0.2, 0.25) is 0 Å². The number of amides is 1. The van der Waals surface area contributed by atoms with E-state index in [2.05, 4.69) is 15.6 Å². The van der Waals surface area contributed by atoms with Gasteiger partial charge in [-0.15, -0.1) is 0 Å². The maximum Gasteiger partial charge on any atom is 0.252 e. The van der Waals surface area contributed by atoms with Gasteiger partial charge in [0, 0.05) is 25.4 Å². The molecule has 25 heavy (non-hydrogen) atoms. The number of anilines is 2. The molecule has 0 saturated heterocycles.